The topological polar surface area (TPSA) is 74.9 Å². The molecule has 31 heavy (non-hydrogen) atoms. The SMILES string of the molecule is CCOC(=O)OCO/C(=C(\c1ccc(C(C)(C)C)cc1)C1C=N1)c1cc(C)nn1CC. The van der Waals surface area contributed by atoms with Gasteiger partial charge in [0, 0.05) is 18.3 Å². The van der Waals surface area contributed by atoms with Gasteiger partial charge >= 0.3 is 6.16 Å². The number of carbonyl (C=O) groups excluding carboxylic acids is 1. The minimum Gasteiger partial charge on any atom is -0.455 e. The number of hydrogen-bond acceptors (Lipinski definition) is 6. The van der Waals surface area contributed by atoms with E-state index >= 15 is 0 Å². The third-order valence-corrected chi connectivity index (χ3v) is 4.98. The molecule has 1 aromatic heterocycles. The molecule has 0 saturated heterocycles. The largest absolute Gasteiger partial charge is 0.511 e. The molecule has 0 spiro atoms. The van der Waals surface area contributed by atoms with E-state index in [0.717, 1.165) is 22.5 Å². The Hall–Kier alpha value is -3.09. The van der Waals surface area contributed by atoms with Gasteiger partial charge in [-0.3, -0.25) is 9.67 Å². The van der Waals surface area contributed by atoms with Crippen LogP contribution in [0.2, 0.25) is 0 Å². The highest BCUT2D eigenvalue weighted by molar-refractivity contribution is 6.03. The normalized spacial score (nSPS) is 16.0. The highest BCUT2D eigenvalue weighted by Gasteiger charge is 2.29. The van der Waals surface area contributed by atoms with E-state index in [1.165, 1.54) is 5.56 Å². The summed E-state index contributed by atoms with van der Waals surface area (Å²) in [6.45, 7) is 12.9. The summed E-state index contributed by atoms with van der Waals surface area (Å²) in [4.78, 5) is 16.0. The monoisotopic (exact) mass is 425 g/mol. The predicted molar refractivity (Wildman–Crippen MR) is 121 cm³/mol. The van der Waals surface area contributed by atoms with Crippen LogP contribution in [0.25, 0.3) is 11.3 Å². The van der Waals surface area contributed by atoms with Crippen molar-refractivity contribution in [2.45, 2.75) is 59.5 Å². The van der Waals surface area contributed by atoms with Crippen molar-refractivity contribution in [3.8, 4) is 0 Å². The van der Waals surface area contributed by atoms with Crippen molar-refractivity contribution in [1.29, 1.82) is 0 Å². The van der Waals surface area contributed by atoms with Crippen molar-refractivity contribution in [3.05, 3.63) is 52.8 Å². The molecular weight excluding hydrogens is 394 g/mol. The predicted octanol–water partition coefficient (Wildman–Crippen LogP) is 4.98. The smallest absolute Gasteiger partial charge is 0.455 e. The number of aromatic nitrogens is 2. The molecule has 166 valence electrons. The number of aryl methyl sites for hydroxylation is 2. The van der Waals surface area contributed by atoms with Gasteiger partial charge < -0.3 is 14.2 Å². The summed E-state index contributed by atoms with van der Waals surface area (Å²) in [7, 11) is 0. The molecule has 0 radical (unpaired) electrons. The summed E-state index contributed by atoms with van der Waals surface area (Å²) >= 11 is 0. The molecule has 1 atom stereocenters. The Labute approximate surface area is 183 Å². The molecule has 0 aliphatic carbocycles. The maximum absolute atomic E-state index is 11.6. The number of hydrogen-bond donors (Lipinski definition) is 0. The number of carbonyl (C=O) groups is 1. The number of nitrogens with zero attached hydrogens (tertiary/aromatic N) is 3. The van der Waals surface area contributed by atoms with Gasteiger partial charge in [-0.1, -0.05) is 45.0 Å². The number of ether oxygens (including phenoxy) is 3. The molecule has 0 saturated carbocycles. The fourth-order valence-corrected chi connectivity index (χ4v) is 3.33. The van der Waals surface area contributed by atoms with E-state index in [1.54, 1.807) is 6.92 Å². The summed E-state index contributed by atoms with van der Waals surface area (Å²) < 4.78 is 17.8. The van der Waals surface area contributed by atoms with E-state index in [1.807, 2.05) is 30.8 Å². The summed E-state index contributed by atoms with van der Waals surface area (Å²) in [6.07, 6.45) is 1.11. The first kappa shape index (κ1) is 22.6. The molecule has 1 unspecified atom stereocenters. The van der Waals surface area contributed by atoms with Gasteiger partial charge in [0.05, 0.1) is 12.3 Å². The summed E-state index contributed by atoms with van der Waals surface area (Å²) in [5, 5.41) is 4.55. The van der Waals surface area contributed by atoms with Gasteiger partial charge in [-0.15, -0.1) is 0 Å². The summed E-state index contributed by atoms with van der Waals surface area (Å²) in [5.41, 5.74) is 4.92. The average Bonchev–Trinajstić information content (AvgIpc) is 3.48. The third-order valence-electron chi connectivity index (χ3n) is 4.98. The molecule has 2 heterocycles. The first-order chi connectivity index (χ1) is 14.7. The number of benzene rings is 1. The van der Waals surface area contributed by atoms with E-state index < -0.39 is 6.16 Å². The lowest BCUT2D eigenvalue weighted by molar-refractivity contribution is -0.00380. The van der Waals surface area contributed by atoms with Crippen LogP contribution in [0.3, 0.4) is 0 Å². The molecule has 0 fully saturated rings. The van der Waals surface area contributed by atoms with Gasteiger partial charge in [-0.25, -0.2) is 4.79 Å². The van der Waals surface area contributed by atoms with Crippen LogP contribution in [0.4, 0.5) is 4.79 Å². The number of aliphatic imine (C=N–C) groups is 1. The second-order valence-corrected chi connectivity index (χ2v) is 8.39. The maximum atomic E-state index is 11.6. The summed E-state index contributed by atoms with van der Waals surface area (Å²) in [5.74, 6) is 0.595. The van der Waals surface area contributed by atoms with Gasteiger partial charge in [-0.2, -0.15) is 5.10 Å². The van der Waals surface area contributed by atoms with Crippen molar-refractivity contribution in [2.75, 3.05) is 13.4 Å². The molecule has 1 aliphatic rings. The van der Waals surface area contributed by atoms with E-state index in [9.17, 15) is 4.79 Å². The minimum absolute atomic E-state index is 0.0588. The lowest BCUT2D eigenvalue weighted by atomic mass is 9.86. The second-order valence-electron chi connectivity index (χ2n) is 8.39. The molecule has 0 amide bonds. The minimum atomic E-state index is -0.763. The van der Waals surface area contributed by atoms with Crippen LogP contribution in [0.5, 0.6) is 0 Å². The Kier molecular flexibility index (Phi) is 6.83. The molecule has 3 rings (SSSR count). The van der Waals surface area contributed by atoms with Crippen molar-refractivity contribution in [2.24, 2.45) is 4.99 Å². The zero-order valence-corrected chi connectivity index (χ0v) is 19.1. The second kappa shape index (κ2) is 9.37. The zero-order valence-electron chi connectivity index (χ0n) is 19.1. The van der Waals surface area contributed by atoms with E-state index in [0.29, 0.717) is 12.3 Å². The lowest BCUT2D eigenvalue weighted by Crippen LogP contribution is -2.14. The Bertz CT molecular complexity index is 975. The highest BCUT2D eigenvalue weighted by Crippen LogP contribution is 2.35. The third kappa shape index (κ3) is 5.54. The summed E-state index contributed by atoms with van der Waals surface area (Å²) in [6, 6.07) is 10.3. The standard InChI is InChI=1S/C24H31N3O4/c1-7-27-20(13-16(3)26-27)22(30-15-31-23(28)29-8-2)21(19-14-25-19)17-9-11-18(12-10-17)24(4,5)6/h9-14,19H,7-8,15H2,1-6H3/b22-21+. The zero-order chi connectivity index (χ0) is 22.6. The Morgan fingerprint density at radius 1 is 1.10 bits per heavy atom. The van der Waals surface area contributed by atoms with Gasteiger partial charge in [0.15, 0.2) is 5.76 Å². The van der Waals surface area contributed by atoms with Crippen molar-refractivity contribution < 1.29 is 19.0 Å². The molecule has 2 aromatic rings. The molecule has 7 nitrogen and oxygen atoms in total. The van der Waals surface area contributed by atoms with Crippen LogP contribution < -0.4 is 0 Å². The first-order valence-electron chi connectivity index (χ1n) is 10.6. The molecule has 0 N–H and O–H groups in total. The van der Waals surface area contributed by atoms with Gasteiger partial charge in [0.2, 0.25) is 6.79 Å². The Morgan fingerprint density at radius 2 is 1.77 bits per heavy atom. The molecule has 0 bridgehead atoms. The van der Waals surface area contributed by atoms with Crippen molar-refractivity contribution >= 4 is 23.7 Å². The van der Waals surface area contributed by atoms with Crippen LogP contribution in [0.15, 0.2) is 35.3 Å². The van der Waals surface area contributed by atoms with E-state index in [-0.39, 0.29) is 24.9 Å². The Morgan fingerprint density at radius 3 is 2.32 bits per heavy atom. The molecule has 1 aliphatic heterocycles. The first-order valence-corrected chi connectivity index (χ1v) is 10.6. The fourth-order valence-electron chi connectivity index (χ4n) is 3.33. The van der Waals surface area contributed by atoms with Crippen LogP contribution in [-0.4, -0.2) is 41.6 Å². The molecule has 1 aromatic carbocycles. The fraction of sp³-hybridized carbons (Fsp3) is 0.458. The van der Waals surface area contributed by atoms with Gasteiger partial charge in [-0.05, 0) is 43.4 Å². The van der Waals surface area contributed by atoms with Gasteiger partial charge in [0.1, 0.15) is 11.7 Å². The van der Waals surface area contributed by atoms with Crippen LogP contribution in [0, 0.1) is 6.92 Å². The van der Waals surface area contributed by atoms with E-state index in [4.69, 9.17) is 14.2 Å². The van der Waals surface area contributed by atoms with Crippen LogP contribution in [-0.2, 0) is 26.2 Å². The highest BCUT2D eigenvalue weighted by atomic mass is 16.8. The maximum Gasteiger partial charge on any atom is 0.511 e. The molecular formula is C24H31N3O4. The molecule has 7 heteroatoms. The van der Waals surface area contributed by atoms with Crippen molar-refractivity contribution in [3.63, 3.8) is 0 Å². The quantitative estimate of drug-likeness (QED) is 0.339. The van der Waals surface area contributed by atoms with Crippen molar-refractivity contribution in [1.82, 2.24) is 9.78 Å². The Balaban J connectivity index is 2.03. The lowest BCUT2D eigenvalue weighted by Gasteiger charge is -2.20. The van der Waals surface area contributed by atoms with Gasteiger partial charge in [0.25, 0.3) is 0 Å². The van der Waals surface area contributed by atoms with Crippen LogP contribution >= 0.6 is 0 Å². The van der Waals surface area contributed by atoms with Crippen LogP contribution in [0.1, 0.15) is 57.1 Å². The van der Waals surface area contributed by atoms with E-state index in [2.05, 4.69) is 55.1 Å². The number of rotatable bonds is 8. The average molecular weight is 426 g/mol.